The Kier molecular flexibility index (Phi) is 4.10. The van der Waals surface area contributed by atoms with Crippen LogP contribution >= 0.6 is 27.5 Å². The quantitative estimate of drug-likeness (QED) is 0.934. The van der Waals surface area contributed by atoms with Crippen molar-refractivity contribution in [2.75, 3.05) is 0 Å². The van der Waals surface area contributed by atoms with Crippen molar-refractivity contribution >= 4 is 27.5 Å². The van der Waals surface area contributed by atoms with Crippen molar-refractivity contribution in [2.45, 2.75) is 26.4 Å². The lowest BCUT2D eigenvalue weighted by atomic mass is 9.99. The zero-order valence-corrected chi connectivity index (χ0v) is 12.7. The number of benzene rings is 1. The molecule has 0 aliphatic rings. The molecular formula is C13H15BrClN3. The van der Waals surface area contributed by atoms with Crippen molar-refractivity contribution in [1.29, 1.82) is 0 Å². The summed E-state index contributed by atoms with van der Waals surface area (Å²) in [4.78, 5) is 0. The Morgan fingerprint density at radius 3 is 2.83 bits per heavy atom. The maximum Gasteiger partial charge on any atom is 0.0837 e. The van der Waals surface area contributed by atoms with Crippen LogP contribution in [0.5, 0.6) is 0 Å². The molecule has 0 spiro atoms. The number of hydrogen-bond acceptors (Lipinski definition) is 2. The summed E-state index contributed by atoms with van der Waals surface area (Å²) in [6, 6.07) is 5.80. The van der Waals surface area contributed by atoms with Gasteiger partial charge in [0, 0.05) is 11.0 Å². The van der Waals surface area contributed by atoms with E-state index in [9.17, 15) is 0 Å². The van der Waals surface area contributed by atoms with E-state index in [1.807, 2.05) is 30.7 Å². The van der Waals surface area contributed by atoms with Crippen LogP contribution in [0.25, 0.3) is 0 Å². The number of nitrogens with zero attached hydrogens (tertiary/aromatic N) is 2. The van der Waals surface area contributed by atoms with Gasteiger partial charge in [0.2, 0.25) is 0 Å². The first-order chi connectivity index (χ1) is 8.54. The molecule has 0 aliphatic carbocycles. The Bertz CT molecular complexity index is 565. The van der Waals surface area contributed by atoms with Gasteiger partial charge in [0.25, 0.3) is 0 Å². The third kappa shape index (κ3) is 2.46. The zero-order valence-electron chi connectivity index (χ0n) is 10.3. The molecule has 1 aromatic heterocycles. The molecule has 0 radical (unpaired) electrons. The highest BCUT2D eigenvalue weighted by atomic mass is 79.9. The van der Waals surface area contributed by atoms with Crippen LogP contribution < -0.4 is 5.73 Å². The molecule has 2 rings (SSSR count). The largest absolute Gasteiger partial charge is 0.319 e. The van der Waals surface area contributed by atoms with Crippen LogP contribution in [0.2, 0.25) is 5.02 Å². The predicted molar refractivity (Wildman–Crippen MR) is 77.8 cm³/mol. The van der Waals surface area contributed by atoms with E-state index in [4.69, 9.17) is 17.3 Å². The van der Waals surface area contributed by atoms with Gasteiger partial charge in [-0.25, -0.2) is 0 Å². The SMILES string of the molecule is CCn1ncc(Cl)c1C(N)c1ccc(Br)cc1C. The van der Waals surface area contributed by atoms with Gasteiger partial charge in [-0.2, -0.15) is 5.10 Å². The van der Waals surface area contributed by atoms with Gasteiger partial charge in [0.1, 0.15) is 0 Å². The van der Waals surface area contributed by atoms with Crippen molar-refractivity contribution in [3.8, 4) is 0 Å². The van der Waals surface area contributed by atoms with Crippen LogP contribution in [0.15, 0.2) is 28.9 Å². The molecule has 96 valence electrons. The van der Waals surface area contributed by atoms with Gasteiger partial charge in [-0.3, -0.25) is 4.68 Å². The lowest BCUT2D eigenvalue weighted by molar-refractivity contribution is 0.600. The van der Waals surface area contributed by atoms with Crippen molar-refractivity contribution in [3.05, 3.63) is 50.7 Å². The molecule has 0 fully saturated rings. The molecule has 18 heavy (non-hydrogen) atoms. The molecule has 1 aromatic carbocycles. The number of aromatic nitrogens is 2. The molecule has 1 atom stereocenters. The summed E-state index contributed by atoms with van der Waals surface area (Å²) >= 11 is 9.63. The van der Waals surface area contributed by atoms with Gasteiger partial charge in [-0.1, -0.05) is 33.6 Å². The van der Waals surface area contributed by atoms with E-state index < -0.39 is 0 Å². The van der Waals surface area contributed by atoms with Crippen LogP contribution in [0, 0.1) is 6.92 Å². The van der Waals surface area contributed by atoms with Crippen molar-refractivity contribution < 1.29 is 0 Å². The second kappa shape index (κ2) is 5.43. The fourth-order valence-electron chi connectivity index (χ4n) is 2.07. The molecule has 3 nitrogen and oxygen atoms in total. The number of halogens is 2. The second-order valence-electron chi connectivity index (χ2n) is 4.17. The van der Waals surface area contributed by atoms with Gasteiger partial charge in [-0.15, -0.1) is 0 Å². The van der Waals surface area contributed by atoms with Crippen molar-refractivity contribution in [1.82, 2.24) is 9.78 Å². The maximum atomic E-state index is 6.33. The van der Waals surface area contributed by atoms with Gasteiger partial charge in [0.05, 0.1) is 23.0 Å². The smallest absolute Gasteiger partial charge is 0.0837 e. The maximum absolute atomic E-state index is 6.33. The monoisotopic (exact) mass is 327 g/mol. The van der Waals surface area contributed by atoms with Crippen LogP contribution in [0.3, 0.4) is 0 Å². The van der Waals surface area contributed by atoms with E-state index in [2.05, 4.69) is 27.1 Å². The first-order valence-electron chi connectivity index (χ1n) is 5.77. The van der Waals surface area contributed by atoms with E-state index >= 15 is 0 Å². The molecule has 0 bridgehead atoms. The number of hydrogen-bond donors (Lipinski definition) is 1. The predicted octanol–water partition coefficient (Wildman–Crippen LogP) is 3.68. The second-order valence-corrected chi connectivity index (χ2v) is 5.49. The lowest BCUT2D eigenvalue weighted by Crippen LogP contribution is -2.18. The van der Waals surface area contributed by atoms with Crippen LogP contribution in [0.4, 0.5) is 0 Å². The highest BCUT2D eigenvalue weighted by Gasteiger charge is 2.19. The summed E-state index contributed by atoms with van der Waals surface area (Å²) in [7, 11) is 0. The highest BCUT2D eigenvalue weighted by Crippen LogP contribution is 2.29. The third-order valence-corrected chi connectivity index (χ3v) is 3.78. The summed E-state index contributed by atoms with van der Waals surface area (Å²) in [6.45, 7) is 4.82. The molecule has 1 unspecified atom stereocenters. The molecule has 2 N–H and O–H groups in total. The topological polar surface area (TPSA) is 43.8 Å². The Balaban J connectivity index is 2.47. The van der Waals surface area contributed by atoms with Crippen LogP contribution in [-0.2, 0) is 6.54 Å². The molecule has 5 heteroatoms. The van der Waals surface area contributed by atoms with Crippen LogP contribution in [0.1, 0.15) is 29.8 Å². The van der Waals surface area contributed by atoms with Crippen molar-refractivity contribution in [2.24, 2.45) is 5.73 Å². The Morgan fingerprint density at radius 2 is 2.22 bits per heavy atom. The van der Waals surface area contributed by atoms with Gasteiger partial charge in [-0.05, 0) is 37.1 Å². The number of nitrogens with two attached hydrogens (primary N) is 1. The third-order valence-electron chi connectivity index (χ3n) is 2.99. The number of aryl methyl sites for hydroxylation is 2. The minimum atomic E-state index is -0.256. The summed E-state index contributed by atoms with van der Waals surface area (Å²) < 4.78 is 2.89. The molecule has 0 saturated carbocycles. The minimum Gasteiger partial charge on any atom is -0.319 e. The Hall–Kier alpha value is -0.840. The molecule has 1 heterocycles. The molecule has 0 aliphatic heterocycles. The van der Waals surface area contributed by atoms with Gasteiger partial charge in [0.15, 0.2) is 0 Å². The van der Waals surface area contributed by atoms with E-state index in [1.54, 1.807) is 6.20 Å². The first kappa shape index (κ1) is 13.6. The van der Waals surface area contributed by atoms with E-state index in [-0.39, 0.29) is 6.04 Å². The number of rotatable bonds is 3. The van der Waals surface area contributed by atoms with E-state index in [1.165, 1.54) is 0 Å². The van der Waals surface area contributed by atoms with Gasteiger partial charge >= 0.3 is 0 Å². The fourth-order valence-corrected chi connectivity index (χ4v) is 2.80. The van der Waals surface area contributed by atoms with Gasteiger partial charge < -0.3 is 5.73 Å². The lowest BCUT2D eigenvalue weighted by Gasteiger charge is -2.17. The average molecular weight is 329 g/mol. The summed E-state index contributed by atoms with van der Waals surface area (Å²) in [5.41, 5.74) is 9.39. The minimum absolute atomic E-state index is 0.256. The summed E-state index contributed by atoms with van der Waals surface area (Å²) in [5, 5.41) is 4.84. The normalized spacial score (nSPS) is 12.7. The highest BCUT2D eigenvalue weighted by molar-refractivity contribution is 9.10. The van der Waals surface area contributed by atoms with E-state index in [0.717, 1.165) is 27.8 Å². The average Bonchev–Trinajstić information content (AvgIpc) is 2.69. The molecular weight excluding hydrogens is 314 g/mol. The summed E-state index contributed by atoms with van der Waals surface area (Å²) in [5.74, 6) is 0. The molecule has 0 amide bonds. The Labute approximate surface area is 120 Å². The van der Waals surface area contributed by atoms with Crippen molar-refractivity contribution in [3.63, 3.8) is 0 Å². The Morgan fingerprint density at radius 1 is 1.50 bits per heavy atom. The fraction of sp³-hybridized carbons (Fsp3) is 0.308. The van der Waals surface area contributed by atoms with Crippen LogP contribution in [-0.4, -0.2) is 9.78 Å². The summed E-state index contributed by atoms with van der Waals surface area (Å²) in [6.07, 6.45) is 1.65. The standard InChI is InChI=1S/C13H15BrClN3/c1-3-18-13(11(15)7-17-18)12(16)10-5-4-9(14)6-8(10)2/h4-7,12H,3,16H2,1-2H3. The first-order valence-corrected chi connectivity index (χ1v) is 6.94. The molecule has 0 saturated heterocycles. The molecule has 2 aromatic rings. The van der Waals surface area contributed by atoms with E-state index in [0.29, 0.717) is 5.02 Å². The zero-order chi connectivity index (χ0) is 13.3.